The van der Waals surface area contributed by atoms with E-state index >= 15 is 0 Å². The summed E-state index contributed by atoms with van der Waals surface area (Å²) in [5.41, 5.74) is 3.39. The van der Waals surface area contributed by atoms with E-state index in [0.717, 1.165) is 63.5 Å². The first-order valence-corrected chi connectivity index (χ1v) is 10.7. The molecule has 0 bridgehead atoms. The molecule has 0 aromatic heterocycles. The van der Waals surface area contributed by atoms with Crippen molar-refractivity contribution in [2.24, 2.45) is 0 Å². The van der Waals surface area contributed by atoms with Crippen LogP contribution in [0, 0.1) is 0 Å². The molecule has 0 atom stereocenters. The lowest BCUT2D eigenvalue weighted by Crippen LogP contribution is -2.46. The minimum absolute atomic E-state index is 0.245. The Morgan fingerprint density at radius 2 is 1.64 bits per heavy atom. The Morgan fingerprint density at radius 3 is 2.46 bits per heavy atom. The van der Waals surface area contributed by atoms with Gasteiger partial charge in [0.2, 0.25) is 5.91 Å². The van der Waals surface area contributed by atoms with Crippen LogP contribution < -0.4 is 9.80 Å². The predicted octanol–water partition coefficient (Wildman–Crippen LogP) is 4.48. The molecule has 148 valence electrons. The van der Waals surface area contributed by atoms with Crippen LogP contribution in [0.5, 0.6) is 0 Å². The zero-order valence-corrected chi connectivity index (χ0v) is 17.4. The third kappa shape index (κ3) is 4.14. The molecule has 2 aliphatic heterocycles. The first kappa shape index (κ1) is 19.6. The molecule has 0 spiro atoms. The van der Waals surface area contributed by atoms with Gasteiger partial charge < -0.3 is 9.80 Å². The highest BCUT2D eigenvalue weighted by Gasteiger charge is 2.24. The second-order valence-corrected chi connectivity index (χ2v) is 8.21. The molecule has 1 saturated heterocycles. The van der Waals surface area contributed by atoms with Crippen molar-refractivity contribution in [3.8, 4) is 0 Å². The monoisotopic (exact) mass is 417 g/mol. The molecule has 1 fully saturated rings. The number of piperazine rings is 1. The van der Waals surface area contributed by atoms with Crippen LogP contribution in [0.3, 0.4) is 0 Å². The Balaban J connectivity index is 1.23. The van der Waals surface area contributed by atoms with Crippen LogP contribution in [0.15, 0.2) is 42.5 Å². The first-order chi connectivity index (χ1) is 13.6. The predicted molar refractivity (Wildman–Crippen MR) is 117 cm³/mol. The Morgan fingerprint density at radius 1 is 0.893 bits per heavy atom. The second kappa shape index (κ2) is 8.73. The molecular weight excluding hydrogens is 393 g/mol. The number of benzene rings is 2. The maximum atomic E-state index is 12.6. The van der Waals surface area contributed by atoms with Crippen molar-refractivity contribution in [1.29, 1.82) is 0 Å². The molecule has 1 amide bonds. The summed E-state index contributed by atoms with van der Waals surface area (Å²) in [7, 11) is 0. The number of fused-ring (bicyclic) bond motifs is 1. The van der Waals surface area contributed by atoms with Crippen LogP contribution in [-0.4, -0.2) is 50.1 Å². The van der Waals surface area contributed by atoms with Crippen LogP contribution in [0.4, 0.5) is 11.4 Å². The maximum Gasteiger partial charge on any atom is 0.227 e. The molecule has 0 N–H and O–H groups in total. The van der Waals surface area contributed by atoms with Crippen molar-refractivity contribution in [3.05, 3.63) is 58.1 Å². The SMILES string of the molecule is O=C(CCCN1CCN(c2cccc(Cl)c2Cl)CC1)N1CCc2ccccc21. The standard InChI is InChI=1S/C22H25Cl2N3O/c23-18-6-3-8-20(22(18)24)26-15-13-25(14-16-26)11-4-9-21(28)27-12-10-17-5-1-2-7-19(17)27/h1-3,5-8H,4,9-16H2. The third-order valence-corrected chi connectivity index (χ3v) is 6.51. The fraction of sp³-hybridized carbons (Fsp3) is 0.409. The molecule has 4 nitrogen and oxygen atoms in total. The molecule has 0 aliphatic carbocycles. The van der Waals surface area contributed by atoms with E-state index in [1.165, 1.54) is 5.56 Å². The van der Waals surface area contributed by atoms with Crippen LogP contribution in [0.25, 0.3) is 0 Å². The van der Waals surface area contributed by atoms with Crippen LogP contribution in [-0.2, 0) is 11.2 Å². The van der Waals surface area contributed by atoms with Gasteiger partial charge in [-0.1, -0.05) is 47.5 Å². The minimum atomic E-state index is 0.245. The summed E-state index contributed by atoms with van der Waals surface area (Å²) >= 11 is 12.5. The quantitative estimate of drug-likeness (QED) is 0.716. The lowest BCUT2D eigenvalue weighted by atomic mass is 10.2. The summed E-state index contributed by atoms with van der Waals surface area (Å²) in [5, 5.41) is 1.23. The van der Waals surface area contributed by atoms with Crippen molar-refractivity contribution in [1.82, 2.24) is 4.90 Å². The highest BCUT2D eigenvalue weighted by Crippen LogP contribution is 2.33. The molecule has 2 aliphatic rings. The normalized spacial score (nSPS) is 17.1. The van der Waals surface area contributed by atoms with Gasteiger partial charge in [-0.05, 0) is 43.1 Å². The molecule has 28 heavy (non-hydrogen) atoms. The van der Waals surface area contributed by atoms with Gasteiger partial charge in [0.05, 0.1) is 15.7 Å². The first-order valence-electron chi connectivity index (χ1n) is 9.93. The molecule has 0 radical (unpaired) electrons. The van der Waals surface area contributed by atoms with Crippen molar-refractivity contribution in [2.75, 3.05) is 49.1 Å². The van der Waals surface area contributed by atoms with Gasteiger partial charge in [0.25, 0.3) is 0 Å². The molecule has 2 aromatic rings. The fourth-order valence-corrected chi connectivity index (χ4v) is 4.55. The maximum absolute atomic E-state index is 12.6. The van der Waals surface area contributed by atoms with Crippen LogP contribution in [0.2, 0.25) is 10.0 Å². The third-order valence-electron chi connectivity index (χ3n) is 5.70. The van der Waals surface area contributed by atoms with Gasteiger partial charge in [-0.3, -0.25) is 9.69 Å². The Labute approximate surface area is 176 Å². The largest absolute Gasteiger partial charge is 0.368 e. The lowest BCUT2D eigenvalue weighted by molar-refractivity contribution is -0.118. The van der Waals surface area contributed by atoms with Gasteiger partial charge in [-0.25, -0.2) is 0 Å². The van der Waals surface area contributed by atoms with E-state index in [1.807, 2.05) is 35.2 Å². The molecule has 4 rings (SSSR count). The summed E-state index contributed by atoms with van der Waals surface area (Å²) in [4.78, 5) is 19.3. The summed E-state index contributed by atoms with van der Waals surface area (Å²) in [6, 6.07) is 14.0. The minimum Gasteiger partial charge on any atom is -0.368 e. The second-order valence-electron chi connectivity index (χ2n) is 7.43. The molecule has 2 aromatic carbocycles. The van der Waals surface area contributed by atoms with Crippen LogP contribution >= 0.6 is 23.2 Å². The van der Waals surface area contributed by atoms with E-state index in [1.54, 1.807) is 0 Å². The number of nitrogens with zero attached hydrogens (tertiary/aromatic N) is 3. The molecule has 6 heteroatoms. The fourth-order valence-electron chi connectivity index (χ4n) is 4.14. The number of amides is 1. The van der Waals surface area contributed by atoms with E-state index in [0.29, 0.717) is 16.5 Å². The number of carbonyl (C=O) groups is 1. The van der Waals surface area contributed by atoms with Crippen molar-refractivity contribution in [2.45, 2.75) is 19.3 Å². The van der Waals surface area contributed by atoms with Crippen LogP contribution in [0.1, 0.15) is 18.4 Å². The van der Waals surface area contributed by atoms with Gasteiger partial charge >= 0.3 is 0 Å². The van der Waals surface area contributed by atoms with Crippen molar-refractivity contribution >= 4 is 40.5 Å². The number of hydrogen-bond donors (Lipinski definition) is 0. The van der Waals surface area contributed by atoms with E-state index in [4.69, 9.17) is 23.2 Å². The molecular formula is C22H25Cl2N3O. The van der Waals surface area contributed by atoms with E-state index in [-0.39, 0.29) is 5.91 Å². The molecule has 0 saturated carbocycles. The topological polar surface area (TPSA) is 26.8 Å². The average molecular weight is 418 g/mol. The number of halogens is 2. The van der Waals surface area contributed by atoms with Gasteiger partial charge in [0.15, 0.2) is 0 Å². The summed E-state index contributed by atoms with van der Waals surface area (Å²) in [6.07, 6.45) is 2.47. The van der Waals surface area contributed by atoms with E-state index < -0.39 is 0 Å². The Kier molecular flexibility index (Phi) is 6.10. The average Bonchev–Trinajstić information content (AvgIpc) is 3.15. The van der Waals surface area contributed by atoms with Gasteiger partial charge in [-0.2, -0.15) is 0 Å². The van der Waals surface area contributed by atoms with Crippen molar-refractivity contribution in [3.63, 3.8) is 0 Å². The van der Waals surface area contributed by atoms with Gasteiger partial charge in [-0.15, -0.1) is 0 Å². The lowest BCUT2D eigenvalue weighted by Gasteiger charge is -2.36. The number of para-hydroxylation sites is 1. The number of carbonyl (C=O) groups excluding carboxylic acids is 1. The number of hydrogen-bond acceptors (Lipinski definition) is 3. The molecule has 0 unspecified atom stereocenters. The number of rotatable bonds is 5. The summed E-state index contributed by atoms with van der Waals surface area (Å²) in [6.45, 7) is 5.57. The molecule has 2 heterocycles. The van der Waals surface area contributed by atoms with E-state index in [9.17, 15) is 4.79 Å². The van der Waals surface area contributed by atoms with E-state index in [2.05, 4.69) is 21.9 Å². The van der Waals surface area contributed by atoms with Crippen molar-refractivity contribution < 1.29 is 4.79 Å². The summed E-state index contributed by atoms with van der Waals surface area (Å²) in [5.74, 6) is 0.245. The highest BCUT2D eigenvalue weighted by molar-refractivity contribution is 6.43. The van der Waals surface area contributed by atoms with Gasteiger partial charge in [0, 0.05) is 44.8 Å². The number of anilines is 2. The Hall–Kier alpha value is -1.75. The van der Waals surface area contributed by atoms with Gasteiger partial charge in [0.1, 0.15) is 0 Å². The highest BCUT2D eigenvalue weighted by atomic mass is 35.5. The zero-order valence-electron chi connectivity index (χ0n) is 15.9. The summed E-state index contributed by atoms with van der Waals surface area (Å²) < 4.78 is 0. The Bertz CT molecular complexity index is 849. The smallest absolute Gasteiger partial charge is 0.227 e. The zero-order chi connectivity index (χ0) is 19.5.